The Morgan fingerprint density at radius 3 is 2.55 bits per heavy atom. The topological polar surface area (TPSA) is 105 Å². The van der Waals surface area contributed by atoms with Crippen LogP contribution >= 0.6 is 23.2 Å². The van der Waals surface area contributed by atoms with E-state index >= 15 is 0 Å². The lowest BCUT2D eigenvalue weighted by Gasteiger charge is -2.35. The number of nitrogens with two attached hydrogens (primary N) is 1. The van der Waals surface area contributed by atoms with E-state index in [-0.39, 0.29) is 27.8 Å². The van der Waals surface area contributed by atoms with Crippen LogP contribution in [0, 0.1) is 5.41 Å². The van der Waals surface area contributed by atoms with Crippen molar-refractivity contribution in [2.75, 3.05) is 23.3 Å². The highest BCUT2D eigenvalue weighted by Gasteiger charge is 2.35. The van der Waals surface area contributed by atoms with Gasteiger partial charge in [0.15, 0.2) is 0 Å². The molecule has 1 aliphatic rings. The van der Waals surface area contributed by atoms with Crippen molar-refractivity contribution in [3.8, 4) is 0 Å². The molecule has 2 aromatic rings. The molecule has 0 radical (unpaired) electrons. The van der Waals surface area contributed by atoms with Crippen LogP contribution < -0.4 is 21.3 Å². The Bertz CT molecular complexity index is 1060. The quantitative estimate of drug-likeness (QED) is 0.629. The summed E-state index contributed by atoms with van der Waals surface area (Å²) in [6.07, 6.45) is 0. The summed E-state index contributed by atoms with van der Waals surface area (Å²) in [7, 11) is 0. The van der Waals surface area contributed by atoms with Gasteiger partial charge in [0.2, 0.25) is 5.91 Å². The van der Waals surface area contributed by atoms with E-state index in [1.165, 1.54) is 17.0 Å². The number of nitrogens with zero attached hydrogens (tertiary/aromatic N) is 1. The van der Waals surface area contributed by atoms with Crippen molar-refractivity contribution in [1.82, 2.24) is 5.32 Å². The molecular formula is C22H24Cl2N4O3. The summed E-state index contributed by atoms with van der Waals surface area (Å²) in [6.45, 7) is 6.36. The van der Waals surface area contributed by atoms with Crippen LogP contribution in [0.15, 0.2) is 36.4 Å². The van der Waals surface area contributed by atoms with Gasteiger partial charge in [-0.05, 0) is 55.3 Å². The summed E-state index contributed by atoms with van der Waals surface area (Å²) in [4.78, 5) is 39.7. The first-order valence-corrected chi connectivity index (χ1v) is 10.5. The van der Waals surface area contributed by atoms with Crippen LogP contribution in [0.25, 0.3) is 0 Å². The number of benzene rings is 2. The molecule has 3 amide bonds. The second-order valence-corrected chi connectivity index (χ2v) is 9.09. The Morgan fingerprint density at radius 2 is 1.90 bits per heavy atom. The van der Waals surface area contributed by atoms with E-state index < -0.39 is 11.9 Å². The summed E-state index contributed by atoms with van der Waals surface area (Å²) in [5, 5.41) is 6.20. The van der Waals surface area contributed by atoms with Crippen molar-refractivity contribution in [3.63, 3.8) is 0 Å². The van der Waals surface area contributed by atoms with Gasteiger partial charge < -0.3 is 16.4 Å². The van der Waals surface area contributed by atoms with Crippen molar-refractivity contribution in [1.29, 1.82) is 0 Å². The zero-order valence-corrected chi connectivity index (χ0v) is 19.0. The first kappa shape index (κ1) is 23.1. The molecule has 0 aromatic heterocycles. The lowest BCUT2D eigenvalue weighted by Crippen LogP contribution is -2.49. The molecule has 31 heavy (non-hydrogen) atoms. The van der Waals surface area contributed by atoms with Crippen LogP contribution in [0.4, 0.5) is 11.4 Å². The van der Waals surface area contributed by atoms with Crippen molar-refractivity contribution in [2.45, 2.75) is 26.8 Å². The number of nitrogens with one attached hydrogen (secondary N) is 2. The second kappa shape index (κ2) is 8.86. The number of carbonyl (C=O) groups excluding carboxylic acids is 3. The van der Waals surface area contributed by atoms with Crippen LogP contribution in [0.1, 0.15) is 41.5 Å². The summed E-state index contributed by atoms with van der Waals surface area (Å²) in [6, 6.07) is 8.58. The Morgan fingerprint density at radius 1 is 1.19 bits per heavy atom. The molecule has 3 rings (SSSR count). The largest absolute Gasteiger partial charge is 0.351 e. The van der Waals surface area contributed by atoms with Gasteiger partial charge in [0.1, 0.15) is 6.04 Å². The zero-order valence-electron chi connectivity index (χ0n) is 17.5. The molecule has 1 heterocycles. The van der Waals surface area contributed by atoms with Gasteiger partial charge in [0, 0.05) is 17.1 Å². The molecule has 7 nitrogen and oxygen atoms in total. The van der Waals surface area contributed by atoms with E-state index in [9.17, 15) is 14.4 Å². The normalized spacial score (nSPS) is 15.9. The fourth-order valence-electron chi connectivity index (χ4n) is 3.12. The lowest BCUT2D eigenvalue weighted by molar-refractivity contribution is -0.117. The maximum absolute atomic E-state index is 13.2. The molecule has 0 saturated carbocycles. The van der Waals surface area contributed by atoms with Crippen LogP contribution in [0.5, 0.6) is 0 Å². The number of rotatable bonds is 5. The van der Waals surface area contributed by atoms with Gasteiger partial charge in [-0.25, -0.2) is 0 Å². The predicted molar refractivity (Wildman–Crippen MR) is 123 cm³/mol. The number of anilines is 2. The minimum Gasteiger partial charge on any atom is -0.351 e. The molecule has 1 unspecified atom stereocenters. The minimum absolute atomic E-state index is 0.191. The molecule has 0 bridgehead atoms. The first-order chi connectivity index (χ1) is 14.5. The average Bonchev–Trinajstić information content (AvgIpc) is 2.72. The molecule has 1 atom stereocenters. The van der Waals surface area contributed by atoms with Crippen LogP contribution in [0.2, 0.25) is 10.0 Å². The summed E-state index contributed by atoms with van der Waals surface area (Å²) in [5.74, 6) is -1.10. The van der Waals surface area contributed by atoms with Gasteiger partial charge in [-0.2, -0.15) is 0 Å². The van der Waals surface area contributed by atoms with Gasteiger partial charge in [0.25, 0.3) is 11.8 Å². The van der Waals surface area contributed by atoms with Crippen molar-refractivity contribution < 1.29 is 14.4 Å². The number of hydrogen-bond donors (Lipinski definition) is 3. The van der Waals surface area contributed by atoms with Gasteiger partial charge in [-0.1, -0.05) is 37.0 Å². The van der Waals surface area contributed by atoms with Crippen LogP contribution in [-0.2, 0) is 4.79 Å². The van der Waals surface area contributed by atoms with E-state index in [4.69, 9.17) is 28.9 Å². The Hall–Kier alpha value is -2.61. The van der Waals surface area contributed by atoms with Crippen molar-refractivity contribution in [2.24, 2.45) is 11.1 Å². The van der Waals surface area contributed by atoms with E-state index in [1.807, 2.05) is 13.8 Å². The third-order valence-electron chi connectivity index (χ3n) is 5.20. The third kappa shape index (κ3) is 4.84. The molecule has 4 N–H and O–H groups in total. The molecule has 0 saturated heterocycles. The van der Waals surface area contributed by atoms with Crippen molar-refractivity contribution in [3.05, 3.63) is 57.6 Å². The highest BCUT2D eigenvalue weighted by Crippen LogP contribution is 2.35. The second-order valence-electron chi connectivity index (χ2n) is 8.25. The molecule has 0 aliphatic carbocycles. The zero-order chi connectivity index (χ0) is 22.9. The molecule has 2 aromatic carbocycles. The number of fused-ring (bicyclic) bond motifs is 1. The smallest absolute Gasteiger partial charge is 0.260 e. The van der Waals surface area contributed by atoms with E-state index in [0.29, 0.717) is 35.1 Å². The SMILES string of the molecule is CC1C(=O)Nc2cc(C(=O)NCC(C)(C)CN)ccc2N1C(=O)c1ccc(Cl)cc1Cl. The lowest BCUT2D eigenvalue weighted by atomic mass is 9.94. The third-order valence-corrected chi connectivity index (χ3v) is 5.75. The Labute approximate surface area is 190 Å². The average molecular weight is 463 g/mol. The van der Waals surface area contributed by atoms with E-state index in [0.717, 1.165) is 0 Å². The minimum atomic E-state index is -0.767. The highest BCUT2D eigenvalue weighted by atomic mass is 35.5. The molecule has 0 spiro atoms. The monoisotopic (exact) mass is 462 g/mol. The van der Waals surface area contributed by atoms with Crippen molar-refractivity contribution >= 4 is 52.3 Å². The fraction of sp³-hybridized carbons (Fsp3) is 0.318. The van der Waals surface area contributed by atoms with Crippen LogP contribution in [0.3, 0.4) is 0 Å². The van der Waals surface area contributed by atoms with Gasteiger partial charge in [0.05, 0.1) is 22.0 Å². The number of amides is 3. The molecule has 1 aliphatic heterocycles. The molecule has 164 valence electrons. The molecule has 9 heteroatoms. The maximum atomic E-state index is 13.2. The number of carbonyl (C=O) groups is 3. The van der Waals surface area contributed by atoms with E-state index in [2.05, 4.69) is 10.6 Å². The van der Waals surface area contributed by atoms with Crippen LogP contribution in [-0.4, -0.2) is 36.9 Å². The number of hydrogen-bond acceptors (Lipinski definition) is 4. The summed E-state index contributed by atoms with van der Waals surface area (Å²) < 4.78 is 0. The fourth-order valence-corrected chi connectivity index (χ4v) is 3.61. The molecular weight excluding hydrogens is 439 g/mol. The maximum Gasteiger partial charge on any atom is 0.260 e. The van der Waals surface area contributed by atoms with Gasteiger partial charge >= 0.3 is 0 Å². The Balaban J connectivity index is 1.93. The molecule has 0 fully saturated rings. The van der Waals surface area contributed by atoms with E-state index in [1.54, 1.807) is 31.2 Å². The Kier molecular flexibility index (Phi) is 6.59. The summed E-state index contributed by atoms with van der Waals surface area (Å²) >= 11 is 12.1. The van der Waals surface area contributed by atoms with Gasteiger partial charge in [-0.3, -0.25) is 19.3 Å². The van der Waals surface area contributed by atoms with Gasteiger partial charge in [-0.15, -0.1) is 0 Å². The first-order valence-electron chi connectivity index (χ1n) is 9.76. The number of halogens is 2. The predicted octanol–water partition coefficient (Wildman–Crippen LogP) is 3.70. The highest BCUT2D eigenvalue weighted by molar-refractivity contribution is 6.37. The summed E-state index contributed by atoms with van der Waals surface area (Å²) in [5.41, 5.74) is 6.89. The standard InChI is InChI=1S/C22H24Cl2N4O3/c1-12-19(29)27-17-8-13(20(30)26-11-22(2,3)10-25)4-7-18(17)28(12)21(31)15-6-5-14(23)9-16(15)24/h4-9,12H,10-11,25H2,1-3H3,(H,26,30)(H,27,29).